The molecule has 30 heavy (non-hydrogen) atoms. The van der Waals surface area contributed by atoms with Gasteiger partial charge in [0.2, 0.25) is 5.91 Å². The summed E-state index contributed by atoms with van der Waals surface area (Å²) < 4.78 is 2.31. The lowest BCUT2D eigenvalue weighted by molar-refractivity contribution is -0.115. The van der Waals surface area contributed by atoms with Gasteiger partial charge in [-0.05, 0) is 44.0 Å². The molecule has 0 bridgehead atoms. The molecule has 4 rings (SSSR count). The minimum Gasteiger partial charge on any atom is -0.344 e. The predicted octanol–water partition coefficient (Wildman–Crippen LogP) is 5.77. The van der Waals surface area contributed by atoms with Gasteiger partial charge in [0.25, 0.3) is 0 Å². The standard InChI is InChI=1S/C25H25N3OS/c1-17-9-7-8-12-22(17)26-24(29)14-25-27-23(16-30-25)21-13-18(2)28(19(21)3)15-20-10-5-4-6-11-20/h4-13,16H,14-15H2,1-3H3,(H,26,29). The molecule has 2 heterocycles. The summed E-state index contributed by atoms with van der Waals surface area (Å²) in [5.41, 5.74) is 7.64. The van der Waals surface area contributed by atoms with Crippen LogP contribution in [0.1, 0.15) is 27.5 Å². The molecule has 0 fully saturated rings. The number of carbonyl (C=O) groups is 1. The Morgan fingerprint density at radius 1 is 1.03 bits per heavy atom. The Kier molecular flexibility index (Phi) is 5.81. The highest BCUT2D eigenvalue weighted by Gasteiger charge is 2.15. The number of rotatable bonds is 6. The van der Waals surface area contributed by atoms with Crippen molar-refractivity contribution < 1.29 is 4.79 Å². The summed E-state index contributed by atoms with van der Waals surface area (Å²) in [4.78, 5) is 17.2. The maximum Gasteiger partial charge on any atom is 0.231 e. The zero-order valence-electron chi connectivity index (χ0n) is 17.5. The van der Waals surface area contributed by atoms with E-state index in [1.807, 2.05) is 42.6 Å². The average molecular weight is 416 g/mol. The number of hydrogen-bond donors (Lipinski definition) is 1. The Hall–Kier alpha value is -3.18. The first-order valence-corrected chi connectivity index (χ1v) is 10.9. The van der Waals surface area contributed by atoms with Gasteiger partial charge in [-0.1, -0.05) is 48.5 Å². The molecule has 0 unspecified atom stereocenters. The quantitative estimate of drug-likeness (QED) is 0.435. The number of anilines is 1. The zero-order chi connectivity index (χ0) is 21.1. The Morgan fingerprint density at radius 2 is 1.77 bits per heavy atom. The Balaban J connectivity index is 1.49. The summed E-state index contributed by atoms with van der Waals surface area (Å²) in [5.74, 6) is -0.0419. The molecule has 0 aliphatic carbocycles. The van der Waals surface area contributed by atoms with Crippen molar-refractivity contribution in [3.05, 3.63) is 93.6 Å². The summed E-state index contributed by atoms with van der Waals surface area (Å²) >= 11 is 1.53. The number of amides is 1. The third-order valence-corrected chi connectivity index (χ3v) is 6.16. The van der Waals surface area contributed by atoms with Gasteiger partial charge in [-0.3, -0.25) is 4.79 Å². The van der Waals surface area contributed by atoms with Gasteiger partial charge in [0.1, 0.15) is 5.01 Å². The molecular weight excluding hydrogens is 390 g/mol. The second-order valence-corrected chi connectivity index (χ2v) is 8.47. The minimum absolute atomic E-state index is 0.0419. The first kappa shape index (κ1) is 20.1. The van der Waals surface area contributed by atoms with Crippen LogP contribution >= 0.6 is 11.3 Å². The van der Waals surface area contributed by atoms with Crippen LogP contribution in [-0.2, 0) is 17.8 Å². The first-order valence-electron chi connectivity index (χ1n) is 10.0. The van der Waals surface area contributed by atoms with Crippen LogP contribution in [0.25, 0.3) is 11.3 Å². The third kappa shape index (κ3) is 4.36. The summed E-state index contributed by atoms with van der Waals surface area (Å²) in [6.07, 6.45) is 0.280. The SMILES string of the molecule is Cc1ccccc1NC(=O)Cc1nc(-c2cc(C)n(Cc3ccccc3)c2C)cs1. The van der Waals surface area contributed by atoms with E-state index in [0.29, 0.717) is 0 Å². The van der Waals surface area contributed by atoms with Crippen molar-refractivity contribution in [1.29, 1.82) is 0 Å². The summed E-state index contributed by atoms with van der Waals surface area (Å²) in [5, 5.41) is 5.85. The number of benzene rings is 2. The van der Waals surface area contributed by atoms with Crippen LogP contribution in [0.15, 0.2) is 66.0 Å². The van der Waals surface area contributed by atoms with Crippen LogP contribution in [0.5, 0.6) is 0 Å². The number of aromatic nitrogens is 2. The molecule has 0 saturated carbocycles. The third-order valence-electron chi connectivity index (χ3n) is 5.32. The predicted molar refractivity (Wildman–Crippen MR) is 124 cm³/mol. The lowest BCUT2D eigenvalue weighted by atomic mass is 10.2. The molecule has 4 nitrogen and oxygen atoms in total. The van der Waals surface area contributed by atoms with Crippen LogP contribution in [0.4, 0.5) is 5.69 Å². The molecule has 2 aromatic carbocycles. The Morgan fingerprint density at radius 3 is 2.53 bits per heavy atom. The second kappa shape index (κ2) is 8.67. The van der Waals surface area contributed by atoms with E-state index in [-0.39, 0.29) is 12.3 Å². The van der Waals surface area contributed by atoms with E-state index in [9.17, 15) is 4.79 Å². The molecule has 0 aliphatic rings. The molecule has 0 aliphatic heterocycles. The number of aryl methyl sites for hydroxylation is 2. The number of thiazole rings is 1. The fourth-order valence-electron chi connectivity index (χ4n) is 3.63. The van der Waals surface area contributed by atoms with E-state index in [2.05, 4.69) is 54.1 Å². The van der Waals surface area contributed by atoms with E-state index in [1.165, 1.54) is 28.3 Å². The fourth-order valence-corrected chi connectivity index (χ4v) is 4.42. The average Bonchev–Trinajstić information content (AvgIpc) is 3.30. The molecule has 0 atom stereocenters. The van der Waals surface area contributed by atoms with Crippen molar-refractivity contribution in [1.82, 2.24) is 9.55 Å². The van der Waals surface area contributed by atoms with Gasteiger partial charge in [0.15, 0.2) is 0 Å². The number of carbonyl (C=O) groups excluding carboxylic acids is 1. The van der Waals surface area contributed by atoms with E-state index < -0.39 is 0 Å². The molecule has 0 radical (unpaired) electrons. The Labute approximate surface area is 181 Å². The second-order valence-electron chi connectivity index (χ2n) is 7.52. The van der Waals surface area contributed by atoms with E-state index >= 15 is 0 Å². The van der Waals surface area contributed by atoms with Crippen molar-refractivity contribution in [3.8, 4) is 11.3 Å². The number of hydrogen-bond acceptors (Lipinski definition) is 3. The molecule has 1 N–H and O–H groups in total. The van der Waals surface area contributed by atoms with Crippen LogP contribution in [0.2, 0.25) is 0 Å². The van der Waals surface area contributed by atoms with Crippen molar-refractivity contribution in [2.24, 2.45) is 0 Å². The maximum absolute atomic E-state index is 12.5. The van der Waals surface area contributed by atoms with E-state index in [0.717, 1.165) is 34.1 Å². The highest BCUT2D eigenvalue weighted by atomic mass is 32.1. The van der Waals surface area contributed by atoms with Gasteiger partial charge in [-0.15, -0.1) is 11.3 Å². The smallest absolute Gasteiger partial charge is 0.231 e. The summed E-state index contributed by atoms with van der Waals surface area (Å²) in [6, 6.07) is 20.4. The normalized spacial score (nSPS) is 10.9. The fraction of sp³-hybridized carbons (Fsp3) is 0.200. The molecule has 0 saturated heterocycles. The molecule has 152 valence electrons. The van der Waals surface area contributed by atoms with Gasteiger partial charge in [-0.25, -0.2) is 4.98 Å². The van der Waals surface area contributed by atoms with Gasteiger partial charge < -0.3 is 9.88 Å². The van der Waals surface area contributed by atoms with Crippen molar-refractivity contribution >= 4 is 22.9 Å². The largest absolute Gasteiger partial charge is 0.344 e. The van der Waals surface area contributed by atoms with Crippen molar-refractivity contribution in [3.63, 3.8) is 0 Å². The van der Waals surface area contributed by atoms with E-state index in [4.69, 9.17) is 4.98 Å². The number of para-hydroxylation sites is 1. The molecule has 0 spiro atoms. The lowest BCUT2D eigenvalue weighted by Gasteiger charge is -2.09. The van der Waals surface area contributed by atoms with Gasteiger partial charge in [0.05, 0.1) is 12.1 Å². The molecule has 1 amide bonds. The van der Waals surface area contributed by atoms with Crippen LogP contribution in [0.3, 0.4) is 0 Å². The topological polar surface area (TPSA) is 46.9 Å². The molecule has 4 aromatic rings. The van der Waals surface area contributed by atoms with Gasteiger partial charge in [0, 0.05) is 34.6 Å². The van der Waals surface area contributed by atoms with Crippen molar-refractivity contribution in [2.45, 2.75) is 33.7 Å². The maximum atomic E-state index is 12.5. The monoisotopic (exact) mass is 415 g/mol. The number of nitrogens with zero attached hydrogens (tertiary/aromatic N) is 2. The molecule has 2 aromatic heterocycles. The van der Waals surface area contributed by atoms with E-state index in [1.54, 1.807) is 0 Å². The highest BCUT2D eigenvalue weighted by molar-refractivity contribution is 7.10. The summed E-state index contributed by atoms with van der Waals surface area (Å²) in [6.45, 7) is 7.09. The first-order chi connectivity index (χ1) is 14.5. The highest BCUT2D eigenvalue weighted by Crippen LogP contribution is 2.29. The van der Waals surface area contributed by atoms with Crippen LogP contribution < -0.4 is 5.32 Å². The Bertz CT molecular complexity index is 1170. The molecule has 5 heteroatoms. The minimum atomic E-state index is -0.0419. The lowest BCUT2D eigenvalue weighted by Crippen LogP contribution is -2.14. The van der Waals surface area contributed by atoms with Gasteiger partial charge >= 0.3 is 0 Å². The number of nitrogens with one attached hydrogen (secondary N) is 1. The molecular formula is C25H25N3OS. The van der Waals surface area contributed by atoms with Crippen LogP contribution in [0, 0.1) is 20.8 Å². The van der Waals surface area contributed by atoms with Crippen molar-refractivity contribution in [2.75, 3.05) is 5.32 Å². The summed E-state index contributed by atoms with van der Waals surface area (Å²) in [7, 11) is 0. The van der Waals surface area contributed by atoms with Gasteiger partial charge in [-0.2, -0.15) is 0 Å². The van der Waals surface area contributed by atoms with Crippen LogP contribution in [-0.4, -0.2) is 15.5 Å². The zero-order valence-corrected chi connectivity index (χ0v) is 18.3.